The van der Waals surface area contributed by atoms with Gasteiger partial charge in [-0.1, -0.05) is 13.3 Å². The Balaban J connectivity index is 2.26. The summed E-state index contributed by atoms with van der Waals surface area (Å²) in [6.45, 7) is 2.09. The van der Waals surface area contributed by atoms with Crippen LogP contribution in [0.3, 0.4) is 0 Å². The van der Waals surface area contributed by atoms with E-state index in [0.29, 0.717) is 18.8 Å². The fourth-order valence-electron chi connectivity index (χ4n) is 3.15. The van der Waals surface area contributed by atoms with Crippen LogP contribution in [0.5, 0.6) is 0 Å². The number of carboxylic acid groups (broad SMARTS) is 1. The summed E-state index contributed by atoms with van der Waals surface area (Å²) in [7, 11) is 0. The predicted molar refractivity (Wildman–Crippen MR) is 63.7 cm³/mol. The minimum atomic E-state index is -1.27. The molecule has 2 aliphatic rings. The quantitative estimate of drug-likeness (QED) is 0.774. The molecule has 2 amide bonds. The molecule has 5 heteroatoms. The maximum absolute atomic E-state index is 11.8. The Kier molecular flexibility index (Phi) is 3.41. The summed E-state index contributed by atoms with van der Waals surface area (Å²) in [5, 5.41) is 9.50. The molecule has 0 aromatic carbocycles. The van der Waals surface area contributed by atoms with Gasteiger partial charge in [0.1, 0.15) is 5.54 Å². The van der Waals surface area contributed by atoms with Gasteiger partial charge < -0.3 is 5.11 Å². The van der Waals surface area contributed by atoms with Crippen LogP contribution in [-0.4, -0.2) is 33.3 Å². The van der Waals surface area contributed by atoms with Crippen molar-refractivity contribution in [3.63, 3.8) is 0 Å². The monoisotopic (exact) mass is 253 g/mol. The number of amides is 2. The third-order valence-corrected chi connectivity index (χ3v) is 4.39. The maximum atomic E-state index is 11.8. The zero-order chi connectivity index (χ0) is 13.3. The normalized spacial score (nSPS) is 32.9. The average Bonchev–Trinajstić information content (AvgIpc) is 2.69. The lowest BCUT2D eigenvalue weighted by atomic mass is 9.74. The van der Waals surface area contributed by atoms with Gasteiger partial charge in [0.2, 0.25) is 11.8 Å². The SMILES string of the molecule is CCC1CCC(C(=O)O)(N2C(=O)CCC2=O)CC1. The summed E-state index contributed by atoms with van der Waals surface area (Å²) in [6.07, 6.45) is 3.70. The molecule has 18 heavy (non-hydrogen) atoms. The first-order chi connectivity index (χ1) is 8.51. The van der Waals surface area contributed by atoms with Crippen LogP contribution in [0.1, 0.15) is 51.9 Å². The highest BCUT2D eigenvalue weighted by molar-refractivity contribution is 6.06. The Morgan fingerprint density at radius 2 is 1.78 bits per heavy atom. The number of aliphatic carboxylic acids is 1. The highest BCUT2D eigenvalue weighted by atomic mass is 16.4. The number of nitrogens with zero attached hydrogens (tertiary/aromatic N) is 1. The molecule has 0 spiro atoms. The van der Waals surface area contributed by atoms with Gasteiger partial charge in [-0.2, -0.15) is 0 Å². The largest absolute Gasteiger partial charge is 0.479 e. The van der Waals surface area contributed by atoms with E-state index >= 15 is 0 Å². The maximum Gasteiger partial charge on any atom is 0.330 e. The van der Waals surface area contributed by atoms with Crippen LogP contribution in [0.25, 0.3) is 0 Å². The van der Waals surface area contributed by atoms with Crippen molar-refractivity contribution in [3.8, 4) is 0 Å². The van der Waals surface area contributed by atoms with Crippen LogP contribution in [-0.2, 0) is 14.4 Å². The van der Waals surface area contributed by atoms with Crippen molar-refractivity contribution in [2.75, 3.05) is 0 Å². The van der Waals surface area contributed by atoms with Gasteiger partial charge in [0.05, 0.1) is 0 Å². The molecule has 2 rings (SSSR count). The highest BCUT2D eigenvalue weighted by Crippen LogP contribution is 2.40. The first-order valence-corrected chi connectivity index (χ1v) is 6.60. The van der Waals surface area contributed by atoms with Crippen LogP contribution in [0, 0.1) is 5.92 Å². The van der Waals surface area contributed by atoms with E-state index < -0.39 is 11.5 Å². The second-order valence-electron chi connectivity index (χ2n) is 5.31. The molecule has 1 heterocycles. The van der Waals surface area contributed by atoms with Gasteiger partial charge in [0.15, 0.2) is 0 Å². The molecule has 0 unspecified atom stereocenters. The summed E-state index contributed by atoms with van der Waals surface area (Å²) < 4.78 is 0. The summed E-state index contributed by atoms with van der Waals surface area (Å²) in [6, 6.07) is 0. The Bertz CT molecular complexity index is 366. The smallest absolute Gasteiger partial charge is 0.330 e. The zero-order valence-corrected chi connectivity index (χ0v) is 10.6. The number of rotatable bonds is 3. The number of hydrogen-bond acceptors (Lipinski definition) is 3. The number of carbonyl (C=O) groups excluding carboxylic acids is 2. The van der Waals surface area contributed by atoms with E-state index in [9.17, 15) is 19.5 Å². The van der Waals surface area contributed by atoms with Crippen molar-refractivity contribution < 1.29 is 19.5 Å². The first kappa shape index (κ1) is 13.1. The molecule has 1 aliphatic carbocycles. The lowest BCUT2D eigenvalue weighted by molar-refractivity contribution is -0.166. The molecule has 0 bridgehead atoms. The van der Waals surface area contributed by atoms with Gasteiger partial charge in [0, 0.05) is 12.8 Å². The van der Waals surface area contributed by atoms with Crippen molar-refractivity contribution in [2.45, 2.75) is 57.4 Å². The zero-order valence-electron chi connectivity index (χ0n) is 10.6. The molecule has 1 saturated carbocycles. The minimum absolute atomic E-state index is 0.158. The van der Waals surface area contributed by atoms with Crippen LogP contribution in [0.2, 0.25) is 0 Å². The predicted octanol–water partition coefficient (Wildman–Crippen LogP) is 1.56. The molecular formula is C13H19NO4. The fourth-order valence-corrected chi connectivity index (χ4v) is 3.15. The van der Waals surface area contributed by atoms with Crippen LogP contribution in [0.15, 0.2) is 0 Å². The van der Waals surface area contributed by atoms with Crippen molar-refractivity contribution >= 4 is 17.8 Å². The summed E-state index contributed by atoms with van der Waals surface area (Å²) in [4.78, 5) is 36.2. The Labute approximate surface area is 106 Å². The summed E-state index contributed by atoms with van der Waals surface area (Å²) in [5.74, 6) is -1.15. The van der Waals surface area contributed by atoms with E-state index in [2.05, 4.69) is 6.92 Å². The number of hydrogen-bond donors (Lipinski definition) is 1. The van der Waals surface area contributed by atoms with Gasteiger partial charge in [-0.15, -0.1) is 0 Å². The van der Waals surface area contributed by atoms with E-state index in [1.807, 2.05) is 0 Å². The van der Waals surface area contributed by atoms with Gasteiger partial charge in [0.25, 0.3) is 0 Å². The van der Waals surface area contributed by atoms with Crippen molar-refractivity contribution in [1.82, 2.24) is 4.90 Å². The summed E-state index contributed by atoms with van der Waals surface area (Å²) >= 11 is 0. The van der Waals surface area contributed by atoms with E-state index in [4.69, 9.17) is 0 Å². The molecule has 2 fully saturated rings. The van der Waals surface area contributed by atoms with Crippen LogP contribution in [0.4, 0.5) is 0 Å². The first-order valence-electron chi connectivity index (χ1n) is 6.60. The number of carboxylic acids is 1. The molecule has 1 N–H and O–H groups in total. The molecule has 100 valence electrons. The van der Waals surface area contributed by atoms with Gasteiger partial charge >= 0.3 is 5.97 Å². The summed E-state index contributed by atoms with van der Waals surface area (Å²) in [5.41, 5.74) is -1.27. The van der Waals surface area contributed by atoms with Crippen molar-refractivity contribution in [3.05, 3.63) is 0 Å². The Morgan fingerprint density at radius 1 is 1.28 bits per heavy atom. The van der Waals surface area contributed by atoms with Crippen LogP contribution < -0.4 is 0 Å². The number of carbonyl (C=O) groups is 3. The molecular weight excluding hydrogens is 234 g/mol. The Hall–Kier alpha value is -1.39. The highest BCUT2D eigenvalue weighted by Gasteiger charge is 2.52. The minimum Gasteiger partial charge on any atom is -0.479 e. The molecule has 5 nitrogen and oxygen atoms in total. The number of likely N-dealkylation sites (tertiary alicyclic amines) is 1. The standard InChI is InChI=1S/C13H19NO4/c1-2-9-5-7-13(8-6-9,12(17)18)14-10(15)3-4-11(14)16/h9H,2-8H2,1H3,(H,17,18). The second-order valence-corrected chi connectivity index (χ2v) is 5.31. The lowest BCUT2D eigenvalue weighted by Crippen LogP contribution is -2.58. The van der Waals surface area contributed by atoms with Crippen molar-refractivity contribution in [1.29, 1.82) is 0 Å². The van der Waals surface area contributed by atoms with Crippen molar-refractivity contribution in [2.24, 2.45) is 5.92 Å². The molecule has 0 atom stereocenters. The second kappa shape index (κ2) is 4.71. The van der Waals surface area contributed by atoms with Gasteiger partial charge in [-0.05, 0) is 31.6 Å². The fraction of sp³-hybridized carbons (Fsp3) is 0.769. The molecule has 1 saturated heterocycles. The van der Waals surface area contributed by atoms with E-state index in [1.54, 1.807) is 0 Å². The van der Waals surface area contributed by atoms with E-state index in [-0.39, 0.29) is 24.7 Å². The van der Waals surface area contributed by atoms with E-state index in [1.165, 1.54) is 0 Å². The molecule has 0 aromatic heterocycles. The average molecular weight is 253 g/mol. The van der Waals surface area contributed by atoms with Crippen LogP contribution >= 0.6 is 0 Å². The van der Waals surface area contributed by atoms with Gasteiger partial charge in [-0.3, -0.25) is 14.5 Å². The third-order valence-electron chi connectivity index (χ3n) is 4.39. The van der Waals surface area contributed by atoms with E-state index in [0.717, 1.165) is 24.2 Å². The lowest BCUT2D eigenvalue weighted by Gasteiger charge is -2.41. The topological polar surface area (TPSA) is 74.7 Å². The Morgan fingerprint density at radius 3 is 2.17 bits per heavy atom. The molecule has 1 aliphatic heterocycles. The van der Waals surface area contributed by atoms with Gasteiger partial charge in [-0.25, -0.2) is 4.79 Å². The molecule has 0 radical (unpaired) electrons. The third kappa shape index (κ3) is 1.91. The molecule has 0 aromatic rings. The number of imide groups is 1.